The third-order valence-corrected chi connectivity index (χ3v) is 5.87. The number of ether oxygens (including phenoxy) is 2. The molecule has 2 unspecified atom stereocenters. The van der Waals surface area contributed by atoms with Crippen LogP contribution in [-0.2, 0) is 10.5 Å². The highest BCUT2D eigenvalue weighted by Crippen LogP contribution is 2.41. The number of methoxy groups -OCH3 is 2. The van der Waals surface area contributed by atoms with Gasteiger partial charge in [-0.1, -0.05) is 30.3 Å². The second-order valence-corrected chi connectivity index (χ2v) is 7.87. The highest BCUT2D eigenvalue weighted by atomic mass is 16.5. The van der Waals surface area contributed by atoms with Crippen LogP contribution < -0.4 is 25.8 Å². The van der Waals surface area contributed by atoms with Crippen molar-refractivity contribution in [3.8, 4) is 11.5 Å². The maximum absolute atomic E-state index is 13.5. The van der Waals surface area contributed by atoms with Gasteiger partial charge in [-0.25, -0.2) is 4.99 Å². The van der Waals surface area contributed by atoms with Gasteiger partial charge in [0.2, 0.25) is 5.96 Å². The van der Waals surface area contributed by atoms with Crippen LogP contribution in [0.4, 0.5) is 5.69 Å². The summed E-state index contributed by atoms with van der Waals surface area (Å²) in [5, 5.41) is 17.3. The number of ketones is 1. The number of rotatable bonds is 6. The number of aliphatic hydroxyl groups is 1. The Labute approximate surface area is 187 Å². The Hall–Kier alpha value is -3.14. The molecule has 1 saturated heterocycles. The number of guanidine groups is 1. The number of fused-ring (bicyclic) bond motifs is 1. The van der Waals surface area contributed by atoms with E-state index in [9.17, 15) is 9.90 Å². The van der Waals surface area contributed by atoms with Gasteiger partial charge in [-0.2, -0.15) is 0 Å². The van der Waals surface area contributed by atoms with Gasteiger partial charge in [0.15, 0.2) is 22.9 Å². The number of nitrogens with two attached hydrogens (primary N) is 1. The number of Topliss-reactive ketones (excluding diaryl/α,β-unsaturated/α-hetero) is 1. The minimum absolute atomic E-state index is 0.174. The number of piperazine rings is 1. The lowest BCUT2D eigenvalue weighted by Crippen LogP contribution is -2.54. The van der Waals surface area contributed by atoms with Crippen LogP contribution >= 0.6 is 0 Å². The molecule has 0 bridgehead atoms. The van der Waals surface area contributed by atoms with E-state index < -0.39 is 17.6 Å². The maximum atomic E-state index is 13.5. The highest BCUT2D eigenvalue weighted by Gasteiger charge is 2.43. The number of aliphatic hydroxyl groups excluding tert-OH is 1. The molecule has 0 spiro atoms. The van der Waals surface area contributed by atoms with Crippen LogP contribution in [0.25, 0.3) is 0 Å². The van der Waals surface area contributed by atoms with E-state index in [4.69, 9.17) is 15.2 Å². The van der Waals surface area contributed by atoms with Crippen LogP contribution in [-0.4, -0.2) is 62.1 Å². The molecule has 170 valence electrons. The van der Waals surface area contributed by atoms with Crippen molar-refractivity contribution in [2.24, 2.45) is 10.7 Å². The number of aliphatic imine (C=N–C) groups is 1. The third-order valence-electron chi connectivity index (χ3n) is 5.87. The maximum Gasteiger partial charge on any atom is 0.201 e. The number of nitrogens with one attached hydrogen (secondary N) is 2. The van der Waals surface area contributed by atoms with Gasteiger partial charge in [0.25, 0.3) is 0 Å². The molecule has 0 amide bonds. The quantitative estimate of drug-likeness (QED) is 0.530. The molecule has 4 rings (SSSR count). The summed E-state index contributed by atoms with van der Waals surface area (Å²) in [5.41, 5.74) is 6.78. The van der Waals surface area contributed by atoms with Crippen LogP contribution in [0.3, 0.4) is 0 Å². The average molecular weight is 440 g/mol. The Morgan fingerprint density at radius 1 is 1.19 bits per heavy atom. The van der Waals surface area contributed by atoms with Crippen LogP contribution in [0.15, 0.2) is 47.5 Å². The molecule has 32 heavy (non-hydrogen) atoms. The van der Waals surface area contributed by atoms with E-state index >= 15 is 0 Å². The second-order valence-electron chi connectivity index (χ2n) is 7.87. The van der Waals surface area contributed by atoms with Crippen molar-refractivity contribution < 1.29 is 19.4 Å². The molecule has 1 fully saturated rings. The largest absolute Gasteiger partial charge is 0.493 e. The first-order chi connectivity index (χ1) is 15.5. The first-order valence-electron chi connectivity index (χ1n) is 10.6. The summed E-state index contributed by atoms with van der Waals surface area (Å²) in [6, 6.07) is 12.5. The van der Waals surface area contributed by atoms with E-state index in [1.54, 1.807) is 31.4 Å². The summed E-state index contributed by atoms with van der Waals surface area (Å²) in [6.45, 7) is 3.06. The molecule has 9 heteroatoms. The number of nitrogens with zero attached hydrogens (tertiary/aromatic N) is 2. The van der Waals surface area contributed by atoms with Crippen LogP contribution in [0, 0.1) is 0 Å². The van der Waals surface area contributed by atoms with E-state index in [0.717, 1.165) is 26.2 Å². The van der Waals surface area contributed by atoms with E-state index in [0.29, 0.717) is 34.3 Å². The Kier molecular flexibility index (Phi) is 6.31. The summed E-state index contributed by atoms with van der Waals surface area (Å²) in [4.78, 5) is 20.3. The van der Waals surface area contributed by atoms with Crippen molar-refractivity contribution in [2.45, 2.75) is 18.2 Å². The van der Waals surface area contributed by atoms with Gasteiger partial charge in [-0.05, 0) is 11.6 Å². The molecule has 0 aromatic heterocycles. The monoisotopic (exact) mass is 439 g/mol. The Bertz CT molecular complexity index is 1010. The summed E-state index contributed by atoms with van der Waals surface area (Å²) >= 11 is 0. The topological polar surface area (TPSA) is 121 Å². The van der Waals surface area contributed by atoms with Gasteiger partial charge in [0.1, 0.15) is 0 Å². The van der Waals surface area contributed by atoms with Gasteiger partial charge in [-0.15, -0.1) is 0 Å². The Morgan fingerprint density at radius 3 is 2.50 bits per heavy atom. The smallest absolute Gasteiger partial charge is 0.201 e. The number of benzene rings is 2. The number of carbonyl (C=O) groups is 1. The zero-order valence-corrected chi connectivity index (χ0v) is 18.3. The van der Waals surface area contributed by atoms with Gasteiger partial charge in [0.05, 0.1) is 26.0 Å². The first kappa shape index (κ1) is 22.1. The van der Waals surface area contributed by atoms with E-state index in [1.165, 1.54) is 7.11 Å². The molecule has 2 aliphatic heterocycles. The summed E-state index contributed by atoms with van der Waals surface area (Å²) in [7, 11) is 3.07. The van der Waals surface area contributed by atoms with E-state index in [-0.39, 0.29) is 6.42 Å². The van der Waals surface area contributed by atoms with Crippen LogP contribution in [0.2, 0.25) is 0 Å². The molecule has 5 N–H and O–H groups in total. The predicted octanol–water partition coefficient (Wildman–Crippen LogP) is 1.19. The van der Waals surface area contributed by atoms with Gasteiger partial charge in [0, 0.05) is 44.2 Å². The summed E-state index contributed by atoms with van der Waals surface area (Å²) in [5.74, 6) is 1.09. The Balaban J connectivity index is 1.74. The molecule has 2 atom stereocenters. The number of hydrogen-bond donors (Lipinski definition) is 4. The lowest BCUT2D eigenvalue weighted by molar-refractivity contribution is -0.126. The number of anilines is 1. The normalized spacial score (nSPS) is 21.1. The minimum Gasteiger partial charge on any atom is -0.493 e. The number of carbonyl (C=O) groups excluding carboxylic acids is 1. The van der Waals surface area contributed by atoms with Gasteiger partial charge >= 0.3 is 0 Å². The van der Waals surface area contributed by atoms with Crippen molar-refractivity contribution in [3.05, 3.63) is 53.6 Å². The zero-order chi connectivity index (χ0) is 22.7. The number of hydrogen-bond acceptors (Lipinski definition) is 9. The zero-order valence-electron chi connectivity index (χ0n) is 18.3. The lowest BCUT2D eigenvalue weighted by Gasteiger charge is -2.38. The molecule has 0 aliphatic carbocycles. The fourth-order valence-corrected chi connectivity index (χ4v) is 4.04. The van der Waals surface area contributed by atoms with Crippen molar-refractivity contribution in [2.75, 3.05) is 45.7 Å². The van der Waals surface area contributed by atoms with Crippen molar-refractivity contribution in [3.63, 3.8) is 0 Å². The van der Waals surface area contributed by atoms with Crippen molar-refractivity contribution in [1.82, 2.24) is 10.2 Å². The molecular weight excluding hydrogens is 410 g/mol. The molecule has 2 aromatic rings. The molecule has 9 nitrogen and oxygen atoms in total. The van der Waals surface area contributed by atoms with Crippen molar-refractivity contribution in [1.29, 1.82) is 0 Å². The standard InChI is InChI=1S/C23H29N5O4/c1-31-19-12-16-17(13-20(19)32-2)26-22(28-10-8-25-9-11-28)27-23(16,24)21(30)14-18(29)15-6-4-3-5-7-15/h3-7,12-13,18,25,29H,8-11,14,24H2,1-2H3,(H,26,27). The predicted molar refractivity (Wildman–Crippen MR) is 122 cm³/mol. The molecule has 0 saturated carbocycles. The Morgan fingerprint density at radius 2 is 1.84 bits per heavy atom. The van der Waals surface area contributed by atoms with Crippen LogP contribution in [0.5, 0.6) is 11.5 Å². The van der Waals surface area contributed by atoms with E-state index in [1.807, 2.05) is 18.2 Å². The highest BCUT2D eigenvalue weighted by molar-refractivity contribution is 6.03. The van der Waals surface area contributed by atoms with Crippen molar-refractivity contribution >= 4 is 17.4 Å². The summed E-state index contributed by atoms with van der Waals surface area (Å²) in [6.07, 6.45) is -1.16. The lowest BCUT2D eigenvalue weighted by atomic mass is 9.88. The summed E-state index contributed by atoms with van der Waals surface area (Å²) < 4.78 is 10.9. The fraction of sp³-hybridized carbons (Fsp3) is 0.391. The van der Waals surface area contributed by atoms with Gasteiger partial charge < -0.3 is 30.1 Å². The fourth-order valence-electron chi connectivity index (χ4n) is 4.04. The average Bonchev–Trinajstić information content (AvgIpc) is 2.84. The second kappa shape index (κ2) is 9.15. The molecule has 2 heterocycles. The molecule has 2 aromatic carbocycles. The minimum atomic E-state index is -1.68. The SMILES string of the molecule is COc1cc2c(cc1OC)C(N)(C(=O)CC(O)c1ccccc1)N=C(N1CCNCC1)N2. The van der Waals surface area contributed by atoms with E-state index in [2.05, 4.69) is 20.5 Å². The van der Waals surface area contributed by atoms with Crippen LogP contribution in [0.1, 0.15) is 23.7 Å². The van der Waals surface area contributed by atoms with Gasteiger partial charge in [-0.3, -0.25) is 10.5 Å². The molecule has 0 radical (unpaired) electrons. The molecule has 2 aliphatic rings. The first-order valence-corrected chi connectivity index (χ1v) is 10.6. The third kappa shape index (κ3) is 4.14. The molecular formula is C23H29N5O4.